The van der Waals surface area contributed by atoms with E-state index in [0.717, 1.165) is 0 Å². The molecule has 0 aliphatic carbocycles. The van der Waals surface area contributed by atoms with Crippen molar-refractivity contribution < 1.29 is 19.1 Å². The number of nitrogens with one attached hydrogen (secondary N) is 1. The van der Waals surface area contributed by atoms with E-state index in [9.17, 15) is 14.9 Å². The molecule has 0 heterocycles. The first-order chi connectivity index (χ1) is 13.4. The molecule has 1 N–H and O–H groups in total. The number of ether oxygens (including phenoxy) is 2. The van der Waals surface area contributed by atoms with Crippen LogP contribution in [-0.2, 0) is 4.79 Å². The van der Waals surface area contributed by atoms with Crippen LogP contribution in [0, 0.1) is 17.2 Å². The van der Waals surface area contributed by atoms with E-state index in [1.54, 1.807) is 19.1 Å². The number of nitriles is 1. The van der Waals surface area contributed by atoms with Gasteiger partial charge in [-0.1, -0.05) is 23.2 Å². The highest BCUT2D eigenvalue weighted by Crippen LogP contribution is 2.30. The highest BCUT2D eigenvalue weighted by Gasteiger charge is 2.29. The highest BCUT2D eigenvalue weighted by molar-refractivity contribution is 6.36. The third-order valence-corrected chi connectivity index (χ3v) is 4.22. The normalized spacial score (nSPS) is 11.2. The molecule has 8 heteroatoms. The van der Waals surface area contributed by atoms with E-state index in [1.165, 1.54) is 30.3 Å². The second-order valence-electron chi connectivity index (χ2n) is 5.57. The van der Waals surface area contributed by atoms with Crippen LogP contribution < -0.4 is 14.8 Å². The molecule has 0 saturated carbocycles. The standard InChI is InChI=1S/C20H18Cl2N2O4/c1-3-27-17-8-5-12(9-18(17)28-4-2)19(25)14(11-23)20(26)24-16-7-6-13(21)10-15(16)22/h5-10,14H,3-4H2,1-2H3,(H,24,26). The lowest BCUT2D eigenvalue weighted by Crippen LogP contribution is -2.28. The van der Waals surface area contributed by atoms with Gasteiger partial charge in [-0.3, -0.25) is 9.59 Å². The minimum Gasteiger partial charge on any atom is -0.490 e. The summed E-state index contributed by atoms with van der Waals surface area (Å²) < 4.78 is 10.9. The highest BCUT2D eigenvalue weighted by atomic mass is 35.5. The average molecular weight is 421 g/mol. The molecule has 0 aliphatic rings. The van der Waals surface area contributed by atoms with Gasteiger partial charge in [-0.05, 0) is 50.2 Å². The third kappa shape index (κ3) is 5.16. The molecule has 0 aliphatic heterocycles. The van der Waals surface area contributed by atoms with E-state index in [-0.39, 0.29) is 16.3 Å². The Morgan fingerprint density at radius 3 is 2.36 bits per heavy atom. The molecule has 1 amide bonds. The molecule has 0 aromatic heterocycles. The van der Waals surface area contributed by atoms with Gasteiger partial charge < -0.3 is 14.8 Å². The number of benzene rings is 2. The van der Waals surface area contributed by atoms with Gasteiger partial charge in [0, 0.05) is 10.6 Å². The Balaban J connectivity index is 2.25. The molecule has 0 fully saturated rings. The topological polar surface area (TPSA) is 88.4 Å². The second kappa shape index (κ2) is 9.98. The number of halogens is 2. The maximum atomic E-state index is 12.7. The van der Waals surface area contributed by atoms with Crippen LogP contribution in [0.15, 0.2) is 36.4 Å². The van der Waals surface area contributed by atoms with E-state index in [4.69, 9.17) is 32.7 Å². The first-order valence-electron chi connectivity index (χ1n) is 8.50. The summed E-state index contributed by atoms with van der Waals surface area (Å²) in [6, 6.07) is 10.7. The van der Waals surface area contributed by atoms with E-state index in [1.807, 2.05) is 6.92 Å². The van der Waals surface area contributed by atoms with Gasteiger partial charge in [0.05, 0.1) is 30.0 Å². The first kappa shape index (κ1) is 21.5. The number of hydrogen-bond acceptors (Lipinski definition) is 5. The molecule has 2 rings (SSSR count). The quantitative estimate of drug-likeness (QED) is 0.491. The predicted octanol–water partition coefficient (Wildman–Crippen LogP) is 4.75. The number of anilines is 1. The molecule has 28 heavy (non-hydrogen) atoms. The zero-order valence-electron chi connectivity index (χ0n) is 15.3. The Kier molecular flexibility index (Phi) is 7.68. The molecule has 0 spiro atoms. The Labute approximate surface area is 173 Å². The molecular weight excluding hydrogens is 403 g/mol. The lowest BCUT2D eigenvalue weighted by molar-refractivity contribution is -0.117. The number of nitrogens with zero attached hydrogens (tertiary/aromatic N) is 1. The van der Waals surface area contributed by atoms with Crippen LogP contribution in [0.5, 0.6) is 11.5 Å². The first-order valence-corrected chi connectivity index (χ1v) is 9.26. The fraction of sp³-hybridized carbons (Fsp3) is 0.250. The van der Waals surface area contributed by atoms with Crippen LogP contribution in [0.2, 0.25) is 10.0 Å². The minimum absolute atomic E-state index is 0.163. The van der Waals surface area contributed by atoms with Crippen molar-refractivity contribution in [2.45, 2.75) is 13.8 Å². The van der Waals surface area contributed by atoms with Crippen molar-refractivity contribution in [1.29, 1.82) is 5.26 Å². The maximum absolute atomic E-state index is 12.7. The summed E-state index contributed by atoms with van der Waals surface area (Å²) in [5.74, 6) is -2.16. The molecule has 0 saturated heterocycles. The van der Waals surface area contributed by atoms with Gasteiger partial charge in [-0.25, -0.2) is 0 Å². The second-order valence-corrected chi connectivity index (χ2v) is 6.41. The lowest BCUT2D eigenvalue weighted by atomic mass is 9.97. The number of Topliss-reactive ketones (excluding diaryl/α,β-unsaturated/α-hetero) is 1. The molecule has 146 valence electrons. The predicted molar refractivity (Wildman–Crippen MR) is 107 cm³/mol. The molecule has 1 atom stereocenters. The van der Waals surface area contributed by atoms with Gasteiger partial charge in [0.2, 0.25) is 5.91 Å². The number of hydrogen-bond donors (Lipinski definition) is 1. The molecule has 2 aromatic carbocycles. The van der Waals surface area contributed by atoms with Crippen molar-refractivity contribution in [3.63, 3.8) is 0 Å². The van der Waals surface area contributed by atoms with Gasteiger partial charge in [-0.15, -0.1) is 0 Å². The summed E-state index contributed by atoms with van der Waals surface area (Å²) in [6.45, 7) is 4.42. The Bertz CT molecular complexity index is 925. The zero-order valence-corrected chi connectivity index (χ0v) is 16.8. The van der Waals surface area contributed by atoms with Gasteiger partial charge in [0.1, 0.15) is 0 Å². The summed E-state index contributed by atoms with van der Waals surface area (Å²) in [5.41, 5.74) is 0.418. The van der Waals surface area contributed by atoms with Gasteiger partial charge in [-0.2, -0.15) is 5.26 Å². The van der Waals surface area contributed by atoms with Crippen molar-refractivity contribution in [1.82, 2.24) is 0 Å². The van der Waals surface area contributed by atoms with Gasteiger partial charge >= 0.3 is 0 Å². The van der Waals surface area contributed by atoms with E-state index < -0.39 is 17.6 Å². The number of carbonyl (C=O) groups excluding carboxylic acids is 2. The monoisotopic (exact) mass is 420 g/mol. The molecule has 6 nitrogen and oxygen atoms in total. The van der Waals surface area contributed by atoms with Crippen molar-refractivity contribution in [2.75, 3.05) is 18.5 Å². The maximum Gasteiger partial charge on any atom is 0.249 e. The fourth-order valence-corrected chi connectivity index (χ4v) is 2.86. The number of amides is 1. The molecular formula is C20H18Cl2N2O4. The molecule has 0 bridgehead atoms. The molecule has 0 radical (unpaired) electrons. The number of ketones is 1. The average Bonchev–Trinajstić information content (AvgIpc) is 2.66. The van der Waals surface area contributed by atoms with Crippen LogP contribution in [0.4, 0.5) is 5.69 Å². The fourth-order valence-electron chi connectivity index (χ4n) is 2.40. The SMILES string of the molecule is CCOc1ccc(C(=O)C(C#N)C(=O)Nc2ccc(Cl)cc2Cl)cc1OCC. The van der Waals surface area contributed by atoms with Crippen molar-refractivity contribution in [3.05, 3.63) is 52.0 Å². The van der Waals surface area contributed by atoms with Crippen molar-refractivity contribution in [3.8, 4) is 17.6 Å². The lowest BCUT2D eigenvalue weighted by Gasteiger charge is -2.14. The van der Waals surface area contributed by atoms with E-state index in [2.05, 4.69) is 5.32 Å². The summed E-state index contributed by atoms with van der Waals surface area (Å²) in [4.78, 5) is 25.2. The summed E-state index contributed by atoms with van der Waals surface area (Å²) in [5, 5.41) is 12.5. The van der Waals surface area contributed by atoms with Crippen LogP contribution in [0.25, 0.3) is 0 Å². The zero-order chi connectivity index (χ0) is 20.7. The van der Waals surface area contributed by atoms with Crippen LogP contribution >= 0.6 is 23.2 Å². The smallest absolute Gasteiger partial charge is 0.249 e. The summed E-state index contributed by atoms with van der Waals surface area (Å²) >= 11 is 11.8. The molecule has 1 unspecified atom stereocenters. The summed E-state index contributed by atoms with van der Waals surface area (Å²) in [6.07, 6.45) is 0. The van der Waals surface area contributed by atoms with Gasteiger partial charge in [0.15, 0.2) is 23.2 Å². The van der Waals surface area contributed by atoms with Gasteiger partial charge in [0.25, 0.3) is 0 Å². The Morgan fingerprint density at radius 1 is 1.07 bits per heavy atom. The van der Waals surface area contributed by atoms with Crippen molar-refractivity contribution in [2.24, 2.45) is 5.92 Å². The van der Waals surface area contributed by atoms with Crippen molar-refractivity contribution >= 4 is 40.6 Å². The van der Waals surface area contributed by atoms with Crippen LogP contribution in [-0.4, -0.2) is 24.9 Å². The van der Waals surface area contributed by atoms with E-state index in [0.29, 0.717) is 29.7 Å². The largest absolute Gasteiger partial charge is 0.490 e. The minimum atomic E-state index is -1.56. The summed E-state index contributed by atoms with van der Waals surface area (Å²) in [7, 11) is 0. The number of rotatable bonds is 8. The Hall–Kier alpha value is -2.75. The van der Waals surface area contributed by atoms with Crippen LogP contribution in [0.1, 0.15) is 24.2 Å². The number of carbonyl (C=O) groups is 2. The van der Waals surface area contributed by atoms with E-state index >= 15 is 0 Å². The van der Waals surface area contributed by atoms with Crippen LogP contribution in [0.3, 0.4) is 0 Å². The Morgan fingerprint density at radius 2 is 1.75 bits per heavy atom. The third-order valence-electron chi connectivity index (χ3n) is 3.67. The molecule has 2 aromatic rings.